The molecular formula is C21H24FNO2. The van der Waals surface area contributed by atoms with Crippen LogP contribution in [0.3, 0.4) is 0 Å². The summed E-state index contributed by atoms with van der Waals surface area (Å²) in [6, 6.07) is 9.20. The maximum atomic E-state index is 14.6. The third-order valence-electron chi connectivity index (χ3n) is 4.04. The number of carboxylic acid groups (broad SMARTS) is 1. The smallest absolute Gasteiger partial charge is 0.331 e. The summed E-state index contributed by atoms with van der Waals surface area (Å²) < 4.78 is 14.6. The molecule has 0 fully saturated rings. The Morgan fingerprint density at radius 2 is 1.80 bits per heavy atom. The molecule has 132 valence electrons. The average molecular weight is 341 g/mol. The fraction of sp³-hybridized carbons (Fsp3) is 0.286. The molecule has 0 unspecified atom stereocenters. The number of carboxylic acids is 1. The first kappa shape index (κ1) is 18.7. The molecule has 2 aromatic carbocycles. The van der Waals surface area contributed by atoms with Crippen LogP contribution in [0, 0.1) is 19.7 Å². The molecule has 0 heterocycles. The molecule has 2 rings (SSSR count). The highest BCUT2D eigenvalue weighted by Gasteiger charge is 2.12. The van der Waals surface area contributed by atoms with Gasteiger partial charge >= 0.3 is 5.97 Å². The van der Waals surface area contributed by atoms with Crippen LogP contribution in [0.4, 0.5) is 10.1 Å². The SMILES string of the molecule is CC(=Cc1cc(C)c(-c2ccc(NC(C)C)cc2F)cc1C)C(=O)O. The van der Waals surface area contributed by atoms with Crippen molar-refractivity contribution in [3.05, 3.63) is 58.4 Å². The van der Waals surface area contributed by atoms with Gasteiger partial charge in [-0.2, -0.15) is 0 Å². The molecule has 0 saturated carbocycles. The summed E-state index contributed by atoms with van der Waals surface area (Å²) in [6.07, 6.45) is 1.64. The summed E-state index contributed by atoms with van der Waals surface area (Å²) in [4.78, 5) is 11.0. The Morgan fingerprint density at radius 1 is 1.12 bits per heavy atom. The van der Waals surface area contributed by atoms with Crippen molar-refractivity contribution in [3.63, 3.8) is 0 Å². The summed E-state index contributed by atoms with van der Waals surface area (Å²) in [7, 11) is 0. The van der Waals surface area contributed by atoms with Crippen molar-refractivity contribution >= 4 is 17.7 Å². The second-order valence-corrected chi connectivity index (χ2v) is 6.65. The molecule has 0 aliphatic heterocycles. The molecule has 25 heavy (non-hydrogen) atoms. The van der Waals surface area contributed by atoms with Crippen LogP contribution in [0.25, 0.3) is 17.2 Å². The lowest BCUT2D eigenvalue weighted by Gasteiger charge is -2.14. The van der Waals surface area contributed by atoms with Crippen molar-refractivity contribution in [1.82, 2.24) is 0 Å². The molecule has 0 amide bonds. The molecule has 0 spiro atoms. The van der Waals surface area contributed by atoms with Crippen LogP contribution in [0.1, 0.15) is 37.5 Å². The lowest BCUT2D eigenvalue weighted by Crippen LogP contribution is -2.09. The Hall–Kier alpha value is -2.62. The van der Waals surface area contributed by atoms with E-state index in [4.69, 9.17) is 5.11 Å². The molecule has 2 N–H and O–H groups in total. The number of hydrogen-bond donors (Lipinski definition) is 2. The van der Waals surface area contributed by atoms with E-state index in [1.165, 1.54) is 6.07 Å². The van der Waals surface area contributed by atoms with Crippen molar-refractivity contribution in [3.8, 4) is 11.1 Å². The average Bonchev–Trinajstić information content (AvgIpc) is 2.50. The van der Waals surface area contributed by atoms with Gasteiger partial charge in [0.05, 0.1) is 0 Å². The Bertz CT molecular complexity index is 838. The molecule has 4 heteroatoms. The molecule has 0 bridgehead atoms. The van der Waals surface area contributed by atoms with E-state index in [2.05, 4.69) is 5.32 Å². The number of rotatable bonds is 5. The van der Waals surface area contributed by atoms with E-state index in [1.807, 2.05) is 45.9 Å². The van der Waals surface area contributed by atoms with Gasteiger partial charge in [-0.25, -0.2) is 9.18 Å². The van der Waals surface area contributed by atoms with E-state index in [9.17, 15) is 9.18 Å². The highest BCUT2D eigenvalue weighted by Crippen LogP contribution is 2.31. The maximum absolute atomic E-state index is 14.6. The van der Waals surface area contributed by atoms with Crippen molar-refractivity contribution in [2.45, 2.75) is 40.7 Å². The second kappa shape index (κ2) is 7.51. The van der Waals surface area contributed by atoms with Gasteiger partial charge in [0, 0.05) is 22.9 Å². The number of hydrogen-bond acceptors (Lipinski definition) is 2. The number of benzene rings is 2. The van der Waals surface area contributed by atoms with E-state index in [1.54, 1.807) is 19.1 Å². The zero-order chi connectivity index (χ0) is 18.7. The molecule has 0 atom stereocenters. The third-order valence-corrected chi connectivity index (χ3v) is 4.04. The van der Waals surface area contributed by atoms with Crippen LogP contribution >= 0.6 is 0 Å². The van der Waals surface area contributed by atoms with E-state index < -0.39 is 5.97 Å². The highest BCUT2D eigenvalue weighted by molar-refractivity contribution is 5.92. The molecule has 2 aromatic rings. The third kappa shape index (κ3) is 4.47. The quantitative estimate of drug-likeness (QED) is 0.714. The summed E-state index contributed by atoms with van der Waals surface area (Å²) in [5.41, 5.74) is 5.02. The summed E-state index contributed by atoms with van der Waals surface area (Å²) in [6.45, 7) is 9.37. The molecule has 0 radical (unpaired) electrons. The number of nitrogens with one attached hydrogen (secondary N) is 1. The molecule has 0 saturated heterocycles. The normalized spacial score (nSPS) is 11.7. The van der Waals surface area contributed by atoms with Gasteiger partial charge in [0.1, 0.15) is 5.82 Å². The molecular weight excluding hydrogens is 317 g/mol. The van der Waals surface area contributed by atoms with Gasteiger partial charge in [0.15, 0.2) is 0 Å². The fourth-order valence-electron chi connectivity index (χ4n) is 2.74. The summed E-state index contributed by atoms with van der Waals surface area (Å²) in [5.74, 6) is -1.22. The first-order chi connectivity index (χ1) is 11.7. The van der Waals surface area contributed by atoms with Crippen LogP contribution in [-0.2, 0) is 4.79 Å². The molecule has 3 nitrogen and oxygen atoms in total. The largest absolute Gasteiger partial charge is 0.478 e. The van der Waals surface area contributed by atoms with Gasteiger partial charge in [-0.05, 0) is 81.1 Å². The van der Waals surface area contributed by atoms with Gasteiger partial charge < -0.3 is 10.4 Å². The zero-order valence-electron chi connectivity index (χ0n) is 15.3. The maximum Gasteiger partial charge on any atom is 0.331 e. The standard InChI is InChI=1S/C21H24FNO2/c1-12(2)23-17-6-7-18(20(22)11-17)19-10-13(3)16(8-14(19)4)9-15(5)21(24)25/h6-12,23H,1-5H3,(H,24,25). The lowest BCUT2D eigenvalue weighted by molar-refractivity contribution is -0.132. The van der Waals surface area contributed by atoms with Gasteiger partial charge in [-0.1, -0.05) is 12.1 Å². The topological polar surface area (TPSA) is 49.3 Å². The van der Waals surface area contributed by atoms with Crippen molar-refractivity contribution in [1.29, 1.82) is 0 Å². The van der Waals surface area contributed by atoms with E-state index in [0.717, 1.165) is 27.9 Å². The molecule has 0 aromatic heterocycles. The first-order valence-corrected chi connectivity index (χ1v) is 8.28. The predicted molar refractivity (Wildman–Crippen MR) is 101 cm³/mol. The number of carbonyl (C=O) groups is 1. The Kier molecular flexibility index (Phi) is 5.62. The van der Waals surface area contributed by atoms with Gasteiger partial charge in [-0.3, -0.25) is 0 Å². The zero-order valence-corrected chi connectivity index (χ0v) is 15.3. The number of halogens is 1. The molecule has 0 aliphatic rings. The predicted octanol–water partition coefficient (Wildman–Crippen LogP) is 5.42. The van der Waals surface area contributed by atoms with E-state index in [-0.39, 0.29) is 17.4 Å². The lowest BCUT2D eigenvalue weighted by atomic mass is 9.93. The van der Waals surface area contributed by atoms with Gasteiger partial charge in [0.25, 0.3) is 0 Å². The highest BCUT2D eigenvalue weighted by atomic mass is 19.1. The van der Waals surface area contributed by atoms with Crippen LogP contribution in [0.2, 0.25) is 0 Å². The minimum absolute atomic E-state index is 0.234. The summed E-state index contributed by atoms with van der Waals surface area (Å²) in [5, 5.41) is 12.2. The van der Waals surface area contributed by atoms with Gasteiger partial charge in [0.2, 0.25) is 0 Å². The Morgan fingerprint density at radius 3 is 2.36 bits per heavy atom. The molecule has 0 aliphatic carbocycles. The number of aliphatic carboxylic acids is 1. The van der Waals surface area contributed by atoms with E-state index in [0.29, 0.717) is 5.56 Å². The van der Waals surface area contributed by atoms with Crippen molar-refractivity contribution in [2.24, 2.45) is 0 Å². The van der Waals surface area contributed by atoms with Crippen LogP contribution in [0.5, 0.6) is 0 Å². The number of anilines is 1. The Balaban J connectivity index is 2.46. The fourth-order valence-corrected chi connectivity index (χ4v) is 2.74. The van der Waals surface area contributed by atoms with Crippen LogP contribution in [0.15, 0.2) is 35.9 Å². The minimum atomic E-state index is -0.944. The summed E-state index contributed by atoms with van der Waals surface area (Å²) >= 11 is 0. The second-order valence-electron chi connectivity index (χ2n) is 6.65. The van der Waals surface area contributed by atoms with Crippen LogP contribution in [-0.4, -0.2) is 17.1 Å². The number of aryl methyl sites for hydroxylation is 2. The Labute approximate surface area is 148 Å². The van der Waals surface area contributed by atoms with Crippen molar-refractivity contribution < 1.29 is 14.3 Å². The van der Waals surface area contributed by atoms with Crippen molar-refractivity contribution in [2.75, 3.05) is 5.32 Å². The minimum Gasteiger partial charge on any atom is -0.478 e. The first-order valence-electron chi connectivity index (χ1n) is 8.28. The monoisotopic (exact) mass is 341 g/mol. The van der Waals surface area contributed by atoms with E-state index >= 15 is 0 Å². The van der Waals surface area contributed by atoms with Crippen LogP contribution < -0.4 is 5.32 Å². The van der Waals surface area contributed by atoms with Gasteiger partial charge in [-0.15, -0.1) is 0 Å².